The number of carbonyl (C=O) groups excluding carboxylic acids is 1. The predicted molar refractivity (Wildman–Crippen MR) is 117 cm³/mol. The van der Waals surface area contributed by atoms with Crippen LogP contribution in [0.1, 0.15) is 49.7 Å². The van der Waals surface area contributed by atoms with Gasteiger partial charge in [0, 0.05) is 17.3 Å². The van der Waals surface area contributed by atoms with E-state index in [2.05, 4.69) is 28.5 Å². The third kappa shape index (κ3) is 3.92. The fourth-order valence-corrected chi connectivity index (χ4v) is 4.46. The third-order valence-corrected chi connectivity index (χ3v) is 6.45. The fourth-order valence-electron chi connectivity index (χ4n) is 4.46. The molecule has 1 saturated carbocycles. The van der Waals surface area contributed by atoms with Crippen molar-refractivity contribution in [2.24, 2.45) is 5.92 Å². The molecule has 3 aromatic rings. The Bertz CT molecular complexity index is 1090. The number of aromatic nitrogens is 1. The Balaban J connectivity index is 1.43. The number of anilines is 1. The summed E-state index contributed by atoms with van der Waals surface area (Å²) in [5.41, 5.74) is 2.42. The van der Waals surface area contributed by atoms with Crippen molar-refractivity contribution in [3.05, 3.63) is 71.9 Å². The van der Waals surface area contributed by atoms with E-state index in [0.717, 1.165) is 18.4 Å². The van der Waals surface area contributed by atoms with E-state index in [1.807, 2.05) is 24.4 Å². The second-order valence-electron chi connectivity index (χ2n) is 8.20. The smallest absolute Gasteiger partial charge is 0.230 e. The van der Waals surface area contributed by atoms with Crippen LogP contribution in [-0.4, -0.2) is 21.6 Å². The van der Waals surface area contributed by atoms with E-state index in [1.165, 1.54) is 10.9 Å². The Morgan fingerprint density at radius 3 is 2.57 bits per heavy atom. The molecule has 2 N–H and O–H groups in total. The van der Waals surface area contributed by atoms with Crippen molar-refractivity contribution in [2.45, 2.75) is 44.1 Å². The molecule has 1 aliphatic carbocycles. The maximum atomic E-state index is 12.8. The van der Waals surface area contributed by atoms with Crippen LogP contribution in [0.25, 0.3) is 10.9 Å². The zero-order valence-electron chi connectivity index (χ0n) is 17.0. The highest BCUT2D eigenvalue weighted by molar-refractivity contribution is 5.93. The molecule has 30 heavy (non-hydrogen) atoms. The van der Waals surface area contributed by atoms with Gasteiger partial charge in [-0.1, -0.05) is 25.1 Å². The number of rotatable bonds is 4. The number of nitrogens with zero attached hydrogens (tertiary/aromatic N) is 2. The fraction of sp³-hybridized carbons (Fsp3) is 0.320. The van der Waals surface area contributed by atoms with Crippen LogP contribution in [0.4, 0.5) is 5.69 Å². The minimum Gasteiger partial charge on any atom is -0.389 e. The van der Waals surface area contributed by atoms with Crippen molar-refractivity contribution in [3.63, 3.8) is 0 Å². The number of aliphatic hydroxyl groups is 1. The van der Waals surface area contributed by atoms with Gasteiger partial charge in [-0.05, 0) is 73.6 Å². The van der Waals surface area contributed by atoms with Crippen LogP contribution < -0.4 is 5.32 Å². The van der Waals surface area contributed by atoms with Gasteiger partial charge >= 0.3 is 0 Å². The van der Waals surface area contributed by atoms with Gasteiger partial charge in [-0.3, -0.25) is 9.78 Å². The predicted octanol–water partition coefficient (Wildman–Crippen LogP) is 4.77. The molecule has 5 heteroatoms. The molecule has 1 fully saturated rings. The Labute approximate surface area is 176 Å². The number of pyridine rings is 1. The molecule has 0 radical (unpaired) electrons. The Hall–Kier alpha value is -3.23. The van der Waals surface area contributed by atoms with E-state index in [4.69, 9.17) is 5.26 Å². The highest BCUT2D eigenvalue weighted by Crippen LogP contribution is 2.43. The molecule has 4 rings (SSSR count). The third-order valence-electron chi connectivity index (χ3n) is 6.45. The first-order valence-electron chi connectivity index (χ1n) is 10.4. The van der Waals surface area contributed by atoms with Crippen molar-refractivity contribution in [1.82, 2.24) is 4.98 Å². The van der Waals surface area contributed by atoms with Gasteiger partial charge in [0.05, 0.1) is 28.7 Å². The molecule has 0 bridgehead atoms. The first kappa shape index (κ1) is 20.1. The van der Waals surface area contributed by atoms with Crippen LogP contribution in [0.2, 0.25) is 0 Å². The van der Waals surface area contributed by atoms with Gasteiger partial charge in [0.15, 0.2) is 0 Å². The van der Waals surface area contributed by atoms with Crippen LogP contribution in [0, 0.1) is 17.2 Å². The Kier molecular flexibility index (Phi) is 5.52. The molecular formula is C25H25N3O2. The molecule has 1 atom stereocenters. The standard InChI is InChI=1S/C25H25N3O2/c1-17(24(29)28-20-8-6-18(16-26)7-9-20)25(30)13-10-19(11-14-25)21-12-15-27-23-5-3-2-4-22(21)23/h2-9,12,15,17,19,30H,10-11,13-14H2,1H3,(H,28,29)/t17-,19-,25+/m1/s1. The molecule has 2 aromatic carbocycles. The summed E-state index contributed by atoms with van der Waals surface area (Å²) in [6, 6.07) is 19.0. The summed E-state index contributed by atoms with van der Waals surface area (Å²) in [4.78, 5) is 17.2. The van der Waals surface area contributed by atoms with Gasteiger partial charge in [-0.15, -0.1) is 0 Å². The largest absolute Gasteiger partial charge is 0.389 e. The van der Waals surface area contributed by atoms with Crippen molar-refractivity contribution < 1.29 is 9.90 Å². The van der Waals surface area contributed by atoms with E-state index >= 15 is 0 Å². The molecule has 1 amide bonds. The molecule has 0 aliphatic heterocycles. The maximum Gasteiger partial charge on any atom is 0.230 e. The first-order valence-corrected chi connectivity index (χ1v) is 10.4. The number of para-hydroxylation sites is 1. The van der Waals surface area contributed by atoms with Crippen molar-refractivity contribution in [1.29, 1.82) is 5.26 Å². The average molecular weight is 399 g/mol. The number of carbonyl (C=O) groups is 1. The van der Waals surface area contributed by atoms with Crippen LogP contribution >= 0.6 is 0 Å². The molecule has 5 nitrogen and oxygen atoms in total. The van der Waals surface area contributed by atoms with Crippen LogP contribution in [0.15, 0.2) is 60.8 Å². The molecular weight excluding hydrogens is 374 g/mol. The van der Waals surface area contributed by atoms with Crippen LogP contribution in [0.3, 0.4) is 0 Å². The summed E-state index contributed by atoms with van der Waals surface area (Å²) in [6.07, 6.45) is 4.68. The number of hydrogen-bond donors (Lipinski definition) is 2. The second-order valence-corrected chi connectivity index (χ2v) is 8.20. The van der Waals surface area contributed by atoms with Crippen LogP contribution in [-0.2, 0) is 4.79 Å². The summed E-state index contributed by atoms with van der Waals surface area (Å²) in [7, 11) is 0. The van der Waals surface area contributed by atoms with E-state index in [-0.39, 0.29) is 5.91 Å². The zero-order valence-corrected chi connectivity index (χ0v) is 17.0. The highest BCUT2D eigenvalue weighted by Gasteiger charge is 2.41. The maximum absolute atomic E-state index is 12.8. The molecule has 0 unspecified atom stereocenters. The van der Waals surface area contributed by atoms with Crippen molar-refractivity contribution in [2.75, 3.05) is 5.32 Å². The second kappa shape index (κ2) is 8.25. The number of fused-ring (bicyclic) bond motifs is 1. The summed E-state index contributed by atoms with van der Waals surface area (Å²) in [5.74, 6) is -0.370. The Morgan fingerprint density at radius 2 is 1.87 bits per heavy atom. The number of nitriles is 1. The number of benzene rings is 2. The molecule has 1 aliphatic rings. The summed E-state index contributed by atoms with van der Waals surface area (Å²) in [5, 5.41) is 24.2. The van der Waals surface area contributed by atoms with E-state index in [0.29, 0.717) is 30.0 Å². The van der Waals surface area contributed by atoms with Gasteiger partial charge in [-0.2, -0.15) is 5.26 Å². The minimum atomic E-state index is -1.02. The number of nitrogens with one attached hydrogen (secondary N) is 1. The molecule has 152 valence electrons. The summed E-state index contributed by atoms with van der Waals surface area (Å²) in [6.45, 7) is 1.79. The lowest BCUT2D eigenvalue weighted by molar-refractivity contribution is -0.131. The first-order chi connectivity index (χ1) is 14.5. The number of hydrogen-bond acceptors (Lipinski definition) is 4. The lowest BCUT2D eigenvalue weighted by Gasteiger charge is -2.40. The topological polar surface area (TPSA) is 86.0 Å². The normalized spacial score (nSPS) is 22.2. The van der Waals surface area contributed by atoms with Gasteiger partial charge in [0.1, 0.15) is 0 Å². The van der Waals surface area contributed by atoms with E-state index in [1.54, 1.807) is 31.2 Å². The SMILES string of the molecule is C[C@H](C(=O)Nc1ccc(C#N)cc1)[C@]1(O)CC[C@@H](c2ccnc3ccccc32)CC1. The average Bonchev–Trinajstić information content (AvgIpc) is 2.79. The lowest BCUT2D eigenvalue weighted by atomic mass is 9.70. The monoisotopic (exact) mass is 399 g/mol. The van der Waals surface area contributed by atoms with Crippen LogP contribution in [0.5, 0.6) is 0 Å². The zero-order chi connectivity index (χ0) is 21.1. The Morgan fingerprint density at radius 1 is 1.17 bits per heavy atom. The molecule has 1 heterocycles. The summed E-state index contributed by atoms with van der Waals surface area (Å²) >= 11 is 0. The van der Waals surface area contributed by atoms with Gasteiger partial charge in [0.25, 0.3) is 0 Å². The molecule has 1 aromatic heterocycles. The van der Waals surface area contributed by atoms with Gasteiger partial charge < -0.3 is 10.4 Å². The highest BCUT2D eigenvalue weighted by atomic mass is 16.3. The van der Waals surface area contributed by atoms with Gasteiger partial charge in [0.2, 0.25) is 5.91 Å². The number of amides is 1. The minimum absolute atomic E-state index is 0.199. The quantitative estimate of drug-likeness (QED) is 0.662. The van der Waals surface area contributed by atoms with Gasteiger partial charge in [-0.25, -0.2) is 0 Å². The molecule has 0 spiro atoms. The molecule has 0 saturated heterocycles. The van der Waals surface area contributed by atoms with E-state index in [9.17, 15) is 9.90 Å². The summed E-state index contributed by atoms with van der Waals surface area (Å²) < 4.78 is 0. The van der Waals surface area contributed by atoms with E-state index < -0.39 is 11.5 Å². The van der Waals surface area contributed by atoms with Crippen molar-refractivity contribution >= 4 is 22.5 Å². The lowest BCUT2D eigenvalue weighted by Crippen LogP contribution is -2.45. The van der Waals surface area contributed by atoms with Crippen molar-refractivity contribution in [3.8, 4) is 6.07 Å².